The number of nitrogens with zero attached hydrogens (tertiary/aromatic N) is 1. The smallest absolute Gasteiger partial charge is 0.226 e. The van der Waals surface area contributed by atoms with E-state index in [1.165, 1.54) is 19.3 Å². The lowest BCUT2D eigenvalue weighted by Gasteiger charge is -2.16. The molecule has 13 heavy (non-hydrogen) atoms. The van der Waals surface area contributed by atoms with Gasteiger partial charge in [0.1, 0.15) is 0 Å². The van der Waals surface area contributed by atoms with Crippen LogP contribution in [-0.2, 0) is 0 Å². The molecule has 3 heterocycles. The molecule has 2 saturated heterocycles. The van der Waals surface area contributed by atoms with E-state index in [1.807, 2.05) is 6.07 Å². The van der Waals surface area contributed by atoms with E-state index in [-0.39, 0.29) is 0 Å². The molecule has 0 spiro atoms. The first kappa shape index (κ1) is 7.83. The van der Waals surface area contributed by atoms with E-state index in [1.54, 1.807) is 0 Å². The normalized spacial score (nSPS) is 37.2. The highest BCUT2D eigenvalue weighted by molar-refractivity contribution is 6.28. The molecule has 0 aromatic carbocycles. The second kappa shape index (κ2) is 2.72. The van der Waals surface area contributed by atoms with Gasteiger partial charge < -0.3 is 9.84 Å². The predicted molar refractivity (Wildman–Crippen MR) is 48.8 cm³/mol. The average Bonchev–Trinajstić information content (AvgIpc) is 2.77. The van der Waals surface area contributed by atoms with Crippen molar-refractivity contribution in [2.75, 3.05) is 0 Å². The van der Waals surface area contributed by atoms with Crippen LogP contribution < -0.4 is 5.32 Å². The van der Waals surface area contributed by atoms with Crippen LogP contribution in [-0.4, -0.2) is 17.2 Å². The summed E-state index contributed by atoms with van der Waals surface area (Å²) in [6.45, 7) is 0. The molecule has 1 aromatic heterocycles. The lowest BCUT2D eigenvalue weighted by atomic mass is 9.87. The molecule has 0 aliphatic carbocycles. The van der Waals surface area contributed by atoms with Gasteiger partial charge in [0.2, 0.25) is 5.22 Å². The third-order valence-electron chi connectivity index (χ3n) is 3.18. The molecule has 3 rings (SSSR count). The van der Waals surface area contributed by atoms with E-state index in [0.717, 1.165) is 5.69 Å². The van der Waals surface area contributed by atoms with Crippen molar-refractivity contribution in [2.45, 2.75) is 37.3 Å². The molecule has 0 radical (unpaired) electrons. The fourth-order valence-electron chi connectivity index (χ4n) is 2.59. The van der Waals surface area contributed by atoms with E-state index >= 15 is 0 Å². The molecule has 1 N–H and O–H groups in total. The number of hydrogen-bond donors (Lipinski definition) is 1. The molecule has 70 valence electrons. The Kier molecular flexibility index (Phi) is 1.64. The van der Waals surface area contributed by atoms with Crippen molar-refractivity contribution in [1.29, 1.82) is 0 Å². The lowest BCUT2D eigenvalue weighted by Crippen LogP contribution is -2.21. The van der Waals surface area contributed by atoms with Gasteiger partial charge in [0, 0.05) is 24.1 Å². The maximum atomic E-state index is 5.69. The van der Waals surface area contributed by atoms with Crippen molar-refractivity contribution in [3.63, 3.8) is 0 Å². The molecule has 0 saturated carbocycles. The topological polar surface area (TPSA) is 38.1 Å². The number of rotatable bonds is 1. The summed E-state index contributed by atoms with van der Waals surface area (Å²) in [6.07, 6.45) is 3.76. The maximum absolute atomic E-state index is 5.69. The van der Waals surface area contributed by atoms with Crippen molar-refractivity contribution in [2.24, 2.45) is 0 Å². The van der Waals surface area contributed by atoms with E-state index in [0.29, 0.717) is 23.2 Å². The van der Waals surface area contributed by atoms with Crippen molar-refractivity contribution in [3.8, 4) is 0 Å². The van der Waals surface area contributed by atoms with Crippen LogP contribution in [0.3, 0.4) is 0 Å². The average molecular weight is 199 g/mol. The van der Waals surface area contributed by atoms with Gasteiger partial charge in [-0.3, -0.25) is 0 Å². The zero-order valence-electron chi connectivity index (χ0n) is 7.16. The van der Waals surface area contributed by atoms with E-state index in [2.05, 4.69) is 10.5 Å². The largest absolute Gasteiger partial charge is 0.344 e. The lowest BCUT2D eigenvalue weighted by molar-refractivity contribution is 0.394. The van der Waals surface area contributed by atoms with Crippen LogP contribution in [0.2, 0.25) is 5.22 Å². The van der Waals surface area contributed by atoms with Crippen LogP contribution in [0.1, 0.15) is 30.9 Å². The van der Waals surface area contributed by atoms with Crippen LogP contribution in [0.25, 0.3) is 0 Å². The number of nitrogens with one attached hydrogen (secondary N) is 1. The van der Waals surface area contributed by atoms with E-state index in [9.17, 15) is 0 Å². The number of hydrogen-bond acceptors (Lipinski definition) is 3. The van der Waals surface area contributed by atoms with Gasteiger partial charge >= 0.3 is 0 Å². The quantitative estimate of drug-likeness (QED) is 0.750. The monoisotopic (exact) mass is 198 g/mol. The van der Waals surface area contributed by atoms with Gasteiger partial charge in [0.05, 0.1) is 5.69 Å². The van der Waals surface area contributed by atoms with Gasteiger partial charge in [0.25, 0.3) is 0 Å². The van der Waals surface area contributed by atoms with Crippen molar-refractivity contribution in [3.05, 3.63) is 17.0 Å². The standard InChI is InChI=1S/C9H11ClN2O/c10-9-4-8(12-13-9)6-3-5-1-2-7(6)11-5/h4-7,11H,1-3H2. The van der Waals surface area contributed by atoms with Crippen LogP contribution in [0, 0.1) is 0 Å². The maximum Gasteiger partial charge on any atom is 0.226 e. The van der Waals surface area contributed by atoms with Gasteiger partial charge in [-0.05, 0) is 30.9 Å². The molecule has 4 heteroatoms. The molecule has 3 unspecified atom stereocenters. The van der Waals surface area contributed by atoms with Crippen molar-refractivity contribution < 1.29 is 4.52 Å². The summed E-state index contributed by atoms with van der Waals surface area (Å²) in [6, 6.07) is 3.14. The zero-order valence-corrected chi connectivity index (χ0v) is 7.92. The molecule has 1 aromatic rings. The molecule has 2 aliphatic heterocycles. The second-order valence-electron chi connectivity index (χ2n) is 3.95. The summed E-state index contributed by atoms with van der Waals surface area (Å²) in [4.78, 5) is 0. The summed E-state index contributed by atoms with van der Waals surface area (Å²) in [5.41, 5.74) is 1.02. The Morgan fingerprint density at radius 3 is 3.00 bits per heavy atom. The minimum Gasteiger partial charge on any atom is -0.344 e. The SMILES string of the molecule is Clc1cc(C2CC3CCC2N3)no1. The fraction of sp³-hybridized carbons (Fsp3) is 0.667. The highest BCUT2D eigenvalue weighted by Gasteiger charge is 2.41. The molecule has 3 nitrogen and oxygen atoms in total. The molecule has 2 fully saturated rings. The highest BCUT2D eigenvalue weighted by Crippen LogP contribution is 2.39. The minimum absolute atomic E-state index is 0.401. The van der Waals surface area contributed by atoms with Gasteiger partial charge in [0.15, 0.2) is 0 Å². The third-order valence-corrected chi connectivity index (χ3v) is 3.36. The summed E-state index contributed by atoms with van der Waals surface area (Å²) in [7, 11) is 0. The summed E-state index contributed by atoms with van der Waals surface area (Å²) < 4.78 is 4.87. The van der Waals surface area contributed by atoms with Crippen LogP contribution in [0.15, 0.2) is 10.6 Å². The first-order valence-electron chi connectivity index (χ1n) is 4.71. The first-order valence-corrected chi connectivity index (χ1v) is 5.09. The highest BCUT2D eigenvalue weighted by atomic mass is 35.5. The Hall–Kier alpha value is -0.540. The van der Waals surface area contributed by atoms with Crippen LogP contribution in [0.4, 0.5) is 0 Å². The molecular formula is C9H11ClN2O. The Balaban J connectivity index is 1.87. The van der Waals surface area contributed by atoms with Crippen LogP contribution in [0.5, 0.6) is 0 Å². The van der Waals surface area contributed by atoms with Crippen molar-refractivity contribution in [1.82, 2.24) is 10.5 Å². The predicted octanol–water partition coefficient (Wildman–Crippen LogP) is 1.94. The second-order valence-corrected chi connectivity index (χ2v) is 4.32. The summed E-state index contributed by atoms with van der Waals surface area (Å²) in [5, 5.41) is 7.93. The number of fused-ring (bicyclic) bond motifs is 2. The molecule has 2 aliphatic rings. The van der Waals surface area contributed by atoms with E-state index in [4.69, 9.17) is 16.1 Å². The Labute approximate surface area is 81.4 Å². The first-order chi connectivity index (χ1) is 6.33. The van der Waals surface area contributed by atoms with Crippen molar-refractivity contribution >= 4 is 11.6 Å². The number of halogens is 1. The van der Waals surface area contributed by atoms with Crippen LogP contribution >= 0.6 is 11.6 Å². The molecule has 3 atom stereocenters. The Bertz CT molecular complexity index is 325. The molecule has 0 amide bonds. The van der Waals surface area contributed by atoms with E-state index < -0.39 is 0 Å². The fourth-order valence-corrected chi connectivity index (χ4v) is 2.74. The van der Waals surface area contributed by atoms with Gasteiger partial charge in [-0.15, -0.1) is 0 Å². The minimum atomic E-state index is 0.401. The summed E-state index contributed by atoms with van der Waals surface area (Å²) in [5.74, 6) is 0.523. The molecular weight excluding hydrogens is 188 g/mol. The summed E-state index contributed by atoms with van der Waals surface area (Å²) >= 11 is 5.69. The zero-order chi connectivity index (χ0) is 8.84. The van der Waals surface area contributed by atoms with Gasteiger partial charge in [-0.25, -0.2) is 0 Å². The van der Waals surface area contributed by atoms with Gasteiger partial charge in [-0.1, -0.05) is 5.16 Å². The van der Waals surface area contributed by atoms with Gasteiger partial charge in [-0.2, -0.15) is 0 Å². The Morgan fingerprint density at radius 2 is 2.46 bits per heavy atom. The molecule has 2 bridgehead atoms. The third kappa shape index (κ3) is 1.18. The Morgan fingerprint density at radius 1 is 1.54 bits per heavy atom. The number of aromatic nitrogens is 1.